The van der Waals surface area contributed by atoms with E-state index in [1.807, 2.05) is 0 Å². The summed E-state index contributed by atoms with van der Waals surface area (Å²) in [7, 11) is 0. The standard InChI is InChI=1S/C13H13BrO6/c1-2-18-13(17)10(16)9-8(14)5-7(6-15)11-12(9)20-4-3-19-11/h5-6,10,16H,2-4H2,1H3. The first-order chi connectivity index (χ1) is 9.60. The Hall–Kier alpha value is -1.60. The summed E-state index contributed by atoms with van der Waals surface area (Å²) < 4.78 is 16.0. The van der Waals surface area contributed by atoms with Crippen LogP contribution >= 0.6 is 15.9 Å². The molecule has 0 saturated carbocycles. The third-order valence-electron chi connectivity index (χ3n) is 2.74. The van der Waals surface area contributed by atoms with Gasteiger partial charge in [0.1, 0.15) is 13.2 Å². The van der Waals surface area contributed by atoms with Crippen molar-refractivity contribution in [1.82, 2.24) is 0 Å². The molecular weight excluding hydrogens is 332 g/mol. The molecule has 1 N–H and O–H groups in total. The Balaban J connectivity index is 2.52. The van der Waals surface area contributed by atoms with Crippen LogP contribution in [0.25, 0.3) is 0 Å². The van der Waals surface area contributed by atoms with E-state index in [2.05, 4.69) is 15.9 Å². The second kappa shape index (κ2) is 6.23. The van der Waals surface area contributed by atoms with Gasteiger partial charge in [-0.15, -0.1) is 0 Å². The zero-order chi connectivity index (χ0) is 14.7. The molecule has 0 bridgehead atoms. The molecule has 0 saturated heterocycles. The van der Waals surface area contributed by atoms with Crippen LogP contribution in [0.1, 0.15) is 28.9 Å². The van der Waals surface area contributed by atoms with Gasteiger partial charge in [-0.25, -0.2) is 4.79 Å². The quantitative estimate of drug-likeness (QED) is 0.660. The van der Waals surface area contributed by atoms with Crippen LogP contribution < -0.4 is 9.47 Å². The summed E-state index contributed by atoms with van der Waals surface area (Å²) in [5, 5.41) is 10.1. The summed E-state index contributed by atoms with van der Waals surface area (Å²) in [5.74, 6) is -0.371. The number of hydrogen-bond donors (Lipinski definition) is 1. The Bertz CT molecular complexity index is 542. The first kappa shape index (κ1) is 14.8. The van der Waals surface area contributed by atoms with Gasteiger partial charge in [0.2, 0.25) is 0 Å². The predicted octanol–water partition coefficient (Wildman–Crippen LogP) is 1.63. The fourth-order valence-electron chi connectivity index (χ4n) is 1.90. The van der Waals surface area contributed by atoms with Crippen molar-refractivity contribution in [1.29, 1.82) is 0 Å². The topological polar surface area (TPSA) is 82.1 Å². The third kappa shape index (κ3) is 2.64. The Labute approximate surface area is 123 Å². The highest BCUT2D eigenvalue weighted by molar-refractivity contribution is 9.10. The lowest BCUT2D eigenvalue weighted by Gasteiger charge is -2.24. The highest BCUT2D eigenvalue weighted by Gasteiger charge is 2.31. The summed E-state index contributed by atoms with van der Waals surface area (Å²) in [6.07, 6.45) is -0.890. The van der Waals surface area contributed by atoms with Crippen molar-refractivity contribution in [2.75, 3.05) is 19.8 Å². The molecule has 2 rings (SSSR count). The molecule has 108 valence electrons. The monoisotopic (exact) mass is 344 g/mol. The summed E-state index contributed by atoms with van der Waals surface area (Å²) in [6, 6.07) is 1.47. The molecule has 0 aromatic heterocycles. The maximum Gasteiger partial charge on any atom is 0.339 e. The number of halogens is 1. The van der Waals surface area contributed by atoms with Crippen LogP contribution in [0, 0.1) is 0 Å². The van der Waals surface area contributed by atoms with Crippen molar-refractivity contribution in [3.63, 3.8) is 0 Å². The highest BCUT2D eigenvalue weighted by atomic mass is 79.9. The SMILES string of the molecule is CCOC(=O)C(O)c1c(Br)cc(C=O)c2c1OCCO2. The molecule has 0 aliphatic carbocycles. The van der Waals surface area contributed by atoms with E-state index < -0.39 is 12.1 Å². The van der Waals surface area contributed by atoms with Crippen LogP contribution in [0.15, 0.2) is 10.5 Å². The number of benzene rings is 1. The van der Waals surface area contributed by atoms with Crippen LogP contribution in [-0.2, 0) is 9.53 Å². The number of rotatable bonds is 4. The highest BCUT2D eigenvalue weighted by Crippen LogP contribution is 2.44. The Morgan fingerprint density at radius 2 is 2.15 bits per heavy atom. The summed E-state index contributed by atoms with van der Waals surface area (Å²) >= 11 is 3.22. The van der Waals surface area contributed by atoms with Crippen LogP contribution in [0.5, 0.6) is 11.5 Å². The molecule has 1 aromatic carbocycles. The Morgan fingerprint density at radius 1 is 1.50 bits per heavy atom. The van der Waals surface area contributed by atoms with Crippen molar-refractivity contribution in [2.45, 2.75) is 13.0 Å². The van der Waals surface area contributed by atoms with E-state index in [1.54, 1.807) is 6.92 Å². The van der Waals surface area contributed by atoms with Gasteiger partial charge in [0.25, 0.3) is 0 Å². The first-order valence-electron chi connectivity index (χ1n) is 6.02. The zero-order valence-corrected chi connectivity index (χ0v) is 12.3. The summed E-state index contributed by atoms with van der Waals surface area (Å²) in [4.78, 5) is 22.7. The number of aliphatic hydroxyl groups excluding tert-OH is 1. The number of esters is 1. The molecule has 0 amide bonds. The molecule has 1 aliphatic rings. The van der Waals surface area contributed by atoms with Gasteiger partial charge >= 0.3 is 5.97 Å². The molecule has 0 radical (unpaired) electrons. The number of hydrogen-bond acceptors (Lipinski definition) is 6. The second-order valence-corrected chi connectivity index (χ2v) is 4.84. The number of carbonyl (C=O) groups excluding carboxylic acids is 2. The zero-order valence-electron chi connectivity index (χ0n) is 10.7. The smallest absolute Gasteiger partial charge is 0.339 e. The van der Waals surface area contributed by atoms with Gasteiger partial charge in [-0.3, -0.25) is 4.79 Å². The molecule has 20 heavy (non-hydrogen) atoms. The second-order valence-electron chi connectivity index (χ2n) is 3.99. The lowest BCUT2D eigenvalue weighted by Crippen LogP contribution is -2.22. The van der Waals surface area contributed by atoms with E-state index in [9.17, 15) is 14.7 Å². The van der Waals surface area contributed by atoms with Crippen LogP contribution in [0.3, 0.4) is 0 Å². The number of aliphatic hydroxyl groups is 1. The van der Waals surface area contributed by atoms with Crippen molar-refractivity contribution < 1.29 is 28.9 Å². The minimum absolute atomic E-state index is 0.152. The molecular formula is C13H13BrO6. The van der Waals surface area contributed by atoms with E-state index in [0.717, 1.165) is 0 Å². The Kier molecular flexibility index (Phi) is 4.61. The van der Waals surface area contributed by atoms with E-state index in [0.29, 0.717) is 17.4 Å². The van der Waals surface area contributed by atoms with Crippen LogP contribution in [-0.4, -0.2) is 37.2 Å². The van der Waals surface area contributed by atoms with Crippen molar-refractivity contribution in [2.24, 2.45) is 0 Å². The number of ether oxygens (including phenoxy) is 3. The van der Waals surface area contributed by atoms with Gasteiger partial charge in [-0.1, -0.05) is 15.9 Å². The fourth-order valence-corrected chi connectivity index (χ4v) is 2.55. The van der Waals surface area contributed by atoms with E-state index in [-0.39, 0.29) is 35.8 Å². The van der Waals surface area contributed by atoms with Crippen molar-refractivity contribution in [3.8, 4) is 11.5 Å². The van der Waals surface area contributed by atoms with Gasteiger partial charge in [0.15, 0.2) is 23.9 Å². The minimum atomic E-state index is -1.51. The fraction of sp³-hybridized carbons (Fsp3) is 0.385. The van der Waals surface area contributed by atoms with E-state index >= 15 is 0 Å². The summed E-state index contributed by atoms with van der Waals surface area (Å²) in [6.45, 7) is 2.36. The van der Waals surface area contributed by atoms with Crippen LogP contribution in [0.2, 0.25) is 0 Å². The van der Waals surface area contributed by atoms with Gasteiger partial charge in [-0.2, -0.15) is 0 Å². The molecule has 1 heterocycles. The lowest BCUT2D eigenvalue weighted by molar-refractivity contribution is -0.153. The predicted molar refractivity (Wildman–Crippen MR) is 72.1 cm³/mol. The third-order valence-corrected chi connectivity index (χ3v) is 3.40. The molecule has 0 fully saturated rings. The molecule has 1 unspecified atom stereocenters. The normalized spacial score (nSPS) is 14.6. The molecule has 6 nitrogen and oxygen atoms in total. The molecule has 0 spiro atoms. The molecule has 1 aliphatic heterocycles. The number of carbonyl (C=O) groups is 2. The van der Waals surface area contributed by atoms with Crippen LogP contribution in [0.4, 0.5) is 0 Å². The van der Waals surface area contributed by atoms with Crippen molar-refractivity contribution in [3.05, 3.63) is 21.7 Å². The maximum absolute atomic E-state index is 11.7. The van der Waals surface area contributed by atoms with Gasteiger partial charge in [-0.05, 0) is 13.0 Å². The lowest BCUT2D eigenvalue weighted by atomic mass is 10.0. The first-order valence-corrected chi connectivity index (χ1v) is 6.81. The average molecular weight is 345 g/mol. The molecule has 7 heteroatoms. The summed E-state index contributed by atoms with van der Waals surface area (Å²) in [5.41, 5.74) is 0.482. The molecule has 1 atom stereocenters. The number of aldehydes is 1. The van der Waals surface area contributed by atoms with E-state index in [1.165, 1.54) is 6.07 Å². The van der Waals surface area contributed by atoms with Gasteiger partial charge < -0.3 is 19.3 Å². The van der Waals surface area contributed by atoms with Gasteiger partial charge in [0.05, 0.1) is 17.7 Å². The van der Waals surface area contributed by atoms with Gasteiger partial charge in [0, 0.05) is 4.47 Å². The Morgan fingerprint density at radius 3 is 2.75 bits per heavy atom. The van der Waals surface area contributed by atoms with Crippen molar-refractivity contribution >= 4 is 28.2 Å². The largest absolute Gasteiger partial charge is 0.486 e. The molecule has 1 aromatic rings. The number of fused-ring (bicyclic) bond motifs is 1. The average Bonchev–Trinajstić information content (AvgIpc) is 2.46. The maximum atomic E-state index is 11.7. The minimum Gasteiger partial charge on any atom is -0.486 e. The van der Waals surface area contributed by atoms with E-state index in [4.69, 9.17) is 14.2 Å².